The van der Waals surface area contributed by atoms with Crippen LogP contribution in [0, 0.1) is 0 Å². The summed E-state index contributed by atoms with van der Waals surface area (Å²) in [5.41, 5.74) is 4.54. The summed E-state index contributed by atoms with van der Waals surface area (Å²) in [6.07, 6.45) is 5.32. The van der Waals surface area contributed by atoms with Crippen molar-refractivity contribution in [2.75, 3.05) is 26.2 Å². The Bertz CT molecular complexity index is 101. The van der Waals surface area contributed by atoms with E-state index in [1.165, 1.54) is 51.9 Å². The Labute approximate surface area is 68.3 Å². The zero-order valence-electron chi connectivity index (χ0n) is 7.00. The van der Waals surface area contributed by atoms with Crippen LogP contribution in [-0.2, 0) is 0 Å². The van der Waals surface area contributed by atoms with Crippen LogP contribution in [0.5, 0.6) is 0 Å². The molecule has 3 heteroatoms. The zero-order chi connectivity index (χ0) is 7.52. The Hall–Kier alpha value is -0.120. The Morgan fingerprint density at radius 1 is 0.636 bits per heavy atom. The maximum absolute atomic E-state index is 4.54. The van der Waals surface area contributed by atoms with Gasteiger partial charge in [0.25, 0.3) is 0 Å². The zero-order valence-corrected chi connectivity index (χ0v) is 7.00. The molecule has 2 radical (unpaired) electrons. The molecule has 3 nitrogen and oxygen atoms in total. The maximum Gasteiger partial charge on any atom is 0.302 e. The molecule has 0 aromatic carbocycles. The van der Waals surface area contributed by atoms with E-state index in [1.807, 2.05) is 0 Å². The number of hydrogen-bond donors (Lipinski definition) is 0. The molecule has 0 aromatic heterocycles. The summed E-state index contributed by atoms with van der Waals surface area (Å²) in [4.78, 5) is 0. The van der Waals surface area contributed by atoms with Crippen molar-refractivity contribution < 1.29 is 0 Å². The largest absolute Gasteiger partial charge is 0.302 e. The third kappa shape index (κ3) is 1.92. The van der Waals surface area contributed by atoms with E-state index in [2.05, 4.69) is 15.6 Å². The van der Waals surface area contributed by atoms with Crippen LogP contribution in [0.3, 0.4) is 0 Å². The lowest BCUT2D eigenvalue weighted by Crippen LogP contribution is -2.40. The third-order valence-electron chi connectivity index (χ3n) is 2.42. The molecule has 62 valence electrons. The van der Waals surface area contributed by atoms with Gasteiger partial charge in [0.2, 0.25) is 0 Å². The van der Waals surface area contributed by atoms with Crippen molar-refractivity contribution in [1.29, 1.82) is 0 Å². The van der Waals surface area contributed by atoms with Crippen LogP contribution in [0.2, 0.25) is 0 Å². The highest BCUT2D eigenvalue weighted by Crippen LogP contribution is 2.09. The fraction of sp³-hybridized carbons (Fsp3) is 1.00. The summed E-state index contributed by atoms with van der Waals surface area (Å²) in [5.74, 6) is 0. The first-order valence-electron chi connectivity index (χ1n) is 4.66. The number of rotatable bonds is 2. The fourth-order valence-electron chi connectivity index (χ4n) is 1.76. The van der Waals surface area contributed by atoms with Gasteiger partial charge in [-0.3, -0.25) is 0 Å². The maximum atomic E-state index is 4.54. The topological polar surface area (TPSA) is 20.6 Å². The second-order valence-electron chi connectivity index (χ2n) is 3.41. The normalized spacial score (nSPS) is 28.4. The van der Waals surface area contributed by atoms with Crippen LogP contribution in [-0.4, -0.2) is 36.2 Å². The minimum atomic E-state index is 1.18. The average Bonchev–Trinajstić information content (AvgIpc) is 2.60. The highest BCUT2D eigenvalue weighted by Gasteiger charge is 2.32. The average molecular weight is 154 g/mol. The van der Waals surface area contributed by atoms with Crippen molar-refractivity contribution >= 4 is 0 Å². The van der Waals surface area contributed by atoms with E-state index in [-0.39, 0.29) is 0 Å². The fourth-order valence-corrected chi connectivity index (χ4v) is 1.76. The SMILES string of the molecule is C1CCN([N+]N2CCCC2)C1. The quantitative estimate of drug-likeness (QED) is 0.581. The molecule has 2 saturated heterocycles. The van der Waals surface area contributed by atoms with Crippen LogP contribution in [0.4, 0.5) is 0 Å². The number of hydrogen-bond acceptors (Lipinski definition) is 2. The van der Waals surface area contributed by atoms with Gasteiger partial charge in [-0.05, 0) is 35.7 Å². The first-order chi connectivity index (χ1) is 5.45. The monoisotopic (exact) mass is 154 g/mol. The van der Waals surface area contributed by atoms with E-state index in [1.54, 1.807) is 0 Å². The van der Waals surface area contributed by atoms with Crippen LogP contribution in [0.25, 0.3) is 0 Å². The molecule has 0 bridgehead atoms. The first-order valence-corrected chi connectivity index (χ1v) is 4.66. The minimum Gasteiger partial charge on any atom is -0.0333 e. The van der Waals surface area contributed by atoms with Gasteiger partial charge in [0.05, 0.1) is 26.2 Å². The summed E-state index contributed by atoms with van der Waals surface area (Å²) in [5, 5.41) is 4.43. The summed E-state index contributed by atoms with van der Waals surface area (Å²) >= 11 is 0. The smallest absolute Gasteiger partial charge is 0.0333 e. The van der Waals surface area contributed by atoms with Crippen molar-refractivity contribution in [3.63, 3.8) is 0 Å². The van der Waals surface area contributed by atoms with Gasteiger partial charge in [0, 0.05) is 0 Å². The van der Waals surface area contributed by atoms with E-state index in [0.29, 0.717) is 0 Å². The van der Waals surface area contributed by atoms with E-state index >= 15 is 0 Å². The highest BCUT2D eigenvalue weighted by atomic mass is 15.8. The molecular weight excluding hydrogens is 138 g/mol. The van der Waals surface area contributed by atoms with Gasteiger partial charge in [0.15, 0.2) is 0 Å². The molecule has 0 atom stereocenters. The summed E-state index contributed by atoms with van der Waals surface area (Å²) < 4.78 is 0. The second-order valence-corrected chi connectivity index (χ2v) is 3.41. The standard InChI is InChI=1S/C8H16N3/c1-2-6-10(5-1)9-11-7-3-4-8-11/h1-8H2/q+1. The molecule has 2 aliphatic rings. The molecule has 0 unspecified atom stereocenters. The summed E-state index contributed by atoms with van der Waals surface area (Å²) in [6, 6.07) is 0. The Morgan fingerprint density at radius 3 is 1.36 bits per heavy atom. The minimum absolute atomic E-state index is 1.18. The molecule has 0 amide bonds. The van der Waals surface area contributed by atoms with Crippen molar-refractivity contribution in [3.8, 4) is 0 Å². The first kappa shape index (κ1) is 7.53. The third-order valence-corrected chi connectivity index (χ3v) is 2.42. The van der Waals surface area contributed by atoms with Gasteiger partial charge in [-0.2, -0.15) is 0 Å². The predicted molar refractivity (Wildman–Crippen MR) is 43.7 cm³/mol. The molecule has 0 aliphatic carbocycles. The van der Waals surface area contributed by atoms with Crippen LogP contribution >= 0.6 is 0 Å². The van der Waals surface area contributed by atoms with E-state index in [4.69, 9.17) is 0 Å². The molecule has 0 spiro atoms. The van der Waals surface area contributed by atoms with Gasteiger partial charge in [-0.1, -0.05) is 0 Å². The Morgan fingerprint density at radius 2 is 1.00 bits per heavy atom. The molecule has 0 aromatic rings. The summed E-state index contributed by atoms with van der Waals surface area (Å²) in [7, 11) is 0. The summed E-state index contributed by atoms with van der Waals surface area (Å²) in [6.45, 7) is 4.71. The molecule has 0 saturated carbocycles. The van der Waals surface area contributed by atoms with Crippen LogP contribution in [0.1, 0.15) is 25.7 Å². The van der Waals surface area contributed by atoms with Gasteiger partial charge in [0.1, 0.15) is 0 Å². The van der Waals surface area contributed by atoms with Gasteiger partial charge >= 0.3 is 5.53 Å². The molecule has 0 N–H and O–H groups in total. The molecular formula is C8H16N3+. The Kier molecular flexibility index (Phi) is 2.41. The predicted octanol–water partition coefficient (Wildman–Crippen LogP) is 0.612. The molecule has 11 heavy (non-hydrogen) atoms. The van der Waals surface area contributed by atoms with Crippen molar-refractivity contribution in [1.82, 2.24) is 15.6 Å². The molecule has 2 rings (SSSR count). The van der Waals surface area contributed by atoms with E-state index < -0.39 is 0 Å². The molecule has 2 heterocycles. The van der Waals surface area contributed by atoms with Crippen molar-refractivity contribution in [3.05, 3.63) is 0 Å². The number of nitrogens with zero attached hydrogens (tertiary/aromatic N) is 3. The molecule has 2 aliphatic heterocycles. The van der Waals surface area contributed by atoms with Crippen LogP contribution in [0.15, 0.2) is 0 Å². The van der Waals surface area contributed by atoms with Gasteiger partial charge in [-0.25, -0.2) is 0 Å². The second kappa shape index (κ2) is 3.52. The lowest BCUT2D eigenvalue weighted by atomic mass is 10.4. The van der Waals surface area contributed by atoms with Crippen molar-refractivity contribution in [2.45, 2.75) is 25.7 Å². The van der Waals surface area contributed by atoms with Gasteiger partial charge < -0.3 is 0 Å². The van der Waals surface area contributed by atoms with Crippen LogP contribution < -0.4 is 5.53 Å². The highest BCUT2D eigenvalue weighted by molar-refractivity contribution is 4.64. The lowest BCUT2D eigenvalue weighted by Gasteiger charge is -2.02. The van der Waals surface area contributed by atoms with E-state index in [0.717, 1.165) is 0 Å². The molecule has 2 fully saturated rings. The Balaban J connectivity index is 1.71. The van der Waals surface area contributed by atoms with Gasteiger partial charge in [-0.15, -0.1) is 0 Å². The van der Waals surface area contributed by atoms with Crippen molar-refractivity contribution in [2.24, 2.45) is 0 Å². The lowest BCUT2D eigenvalue weighted by molar-refractivity contribution is 0.0514. The van der Waals surface area contributed by atoms with E-state index in [9.17, 15) is 0 Å².